The van der Waals surface area contributed by atoms with Crippen molar-refractivity contribution in [3.8, 4) is 0 Å². The zero-order valence-electron chi connectivity index (χ0n) is 14.6. The van der Waals surface area contributed by atoms with Crippen molar-refractivity contribution < 1.29 is 14.7 Å². The summed E-state index contributed by atoms with van der Waals surface area (Å²) in [6, 6.07) is 3.77. The van der Waals surface area contributed by atoms with Crippen molar-refractivity contribution in [1.29, 1.82) is 0 Å². The number of carbonyl (C=O) groups is 2. The van der Waals surface area contributed by atoms with E-state index < -0.39 is 5.54 Å². The van der Waals surface area contributed by atoms with E-state index >= 15 is 0 Å². The Labute approximate surface area is 148 Å². The predicted octanol–water partition coefficient (Wildman–Crippen LogP) is 1.63. The molecule has 2 fully saturated rings. The van der Waals surface area contributed by atoms with E-state index in [1.165, 1.54) is 0 Å². The zero-order chi connectivity index (χ0) is 17.7. The van der Waals surface area contributed by atoms with E-state index in [-0.39, 0.29) is 30.8 Å². The van der Waals surface area contributed by atoms with Crippen LogP contribution >= 0.6 is 0 Å². The predicted molar refractivity (Wildman–Crippen MR) is 93.4 cm³/mol. The van der Waals surface area contributed by atoms with Gasteiger partial charge in [0, 0.05) is 31.9 Å². The van der Waals surface area contributed by atoms with Gasteiger partial charge in [-0.1, -0.05) is 31.7 Å². The van der Waals surface area contributed by atoms with Gasteiger partial charge < -0.3 is 15.3 Å². The second kappa shape index (κ2) is 7.95. The molecular formula is C19H27N3O3. The van der Waals surface area contributed by atoms with Gasteiger partial charge in [-0.25, -0.2) is 0 Å². The van der Waals surface area contributed by atoms with Crippen LogP contribution in [0.25, 0.3) is 0 Å². The fraction of sp³-hybridized carbons (Fsp3) is 0.632. The summed E-state index contributed by atoms with van der Waals surface area (Å²) in [6.45, 7) is 0.890. The molecule has 1 aliphatic heterocycles. The summed E-state index contributed by atoms with van der Waals surface area (Å²) >= 11 is 0. The highest BCUT2D eigenvalue weighted by Crippen LogP contribution is 2.28. The summed E-state index contributed by atoms with van der Waals surface area (Å²) in [5.74, 6) is -0.434. The molecule has 1 aromatic rings. The van der Waals surface area contributed by atoms with Crippen LogP contribution in [-0.2, 0) is 16.1 Å². The van der Waals surface area contributed by atoms with Gasteiger partial charge in [-0.3, -0.25) is 14.6 Å². The molecule has 2 aliphatic rings. The Hall–Kier alpha value is -1.95. The number of pyridine rings is 1. The van der Waals surface area contributed by atoms with E-state index in [0.29, 0.717) is 13.1 Å². The van der Waals surface area contributed by atoms with Crippen molar-refractivity contribution in [3.63, 3.8) is 0 Å². The van der Waals surface area contributed by atoms with E-state index in [4.69, 9.17) is 0 Å². The highest BCUT2D eigenvalue weighted by Gasteiger charge is 2.38. The number of hydrogen-bond donors (Lipinski definition) is 2. The molecule has 0 spiro atoms. The molecule has 0 radical (unpaired) electrons. The topological polar surface area (TPSA) is 82.5 Å². The molecule has 6 heteroatoms. The van der Waals surface area contributed by atoms with Gasteiger partial charge in [0.25, 0.3) is 0 Å². The maximum Gasteiger partial charge on any atom is 0.225 e. The molecule has 3 rings (SSSR count). The van der Waals surface area contributed by atoms with Crippen LogP contribution in [0.3, 0.4) is 0 Å². The van der Waals surface area contributed by atoms with E-state index in [9.17, 15) is 14.7 Å². The quantitative estimate of drug-likeness (QED) is 0.795. The molecule has 0 aromatic carbocycles. The molecule has 1 aromatic heterocycles. The number of hydrogen-bond acceptors (Lipinski definition) is 4. The fourth-order valence-electron chi connectivity index (χ4n) is 3.90. The van der Waals surface area contributed by atoms with Crippen molar-refractivity contribution in [2.24, 2.45) is 5.92 Å². The average Bonchev–Trinajstić information content (AvgIpc) is 2.84. The van der Waals surface area contributed by atoms with Crippen molar-refractivity contribution in [3.05, 3.63) is 30.1 Å². The SMILES string of the molecule is O=C(NC1(CO)CCCCCC1)[C@H]1CC(=O)N(Cc2cccnc2)C1. The third-order valence-electron chi connectivity index (χ3n) is 5.43. The van der Waals surface area contributed by atoms with Crippen LogP contribution < -0.4 is 5.32 Å². The van der Waals surface area contributed by atoms with Gasteiger partial charge in [-0.2, -0.15) is 0 Å². The van der Waals surface area contributed by atoms with Crippen LogP contribution in [0, 0.1) is 5.92 Å². The normalized spacial score (nSPS) is 23.3. The summed E-state index contributed by atoms with van der Waals surface area (Å²) in [6.07, 6.45) is 9.67. The number of nitrogens with zero attached hydrogens (tertiary/aromatic N) is 2. The summed E-state index contributed by atoms with van der Waals surface area (Å²) in [5.41, 5.74) is 0.459. The number of rotatable bonds is 5. The first-order valence-electron chi connectivity index (χ1n) is 9.21. The molecule has 25 heavy (non-hydrogen) atoms. The lowest BCUT2D eigenvalue weighted by atomic mass is 9.90. The van der Waals surface area contributed by atoms with Gasteiger partial charge in [0.15, 0.2) is 0 Å². The van der Waals surface area contributed by atoms with Crippen molar-refractivity contribution >= 4 is 11.8 Å². The molecule has 1 aliphatic carbocycles. The molecule has 6 nitrogen and oxygen atoms in total. The molecule has 0 bridgehead atoms. The standard InChI is InChI=1S/C19H27N3O3/c23-14-19(7-3-1-2-4-8-19)21-18(25)16-10-17(24)22(13-16)12-15-6-5-9-20-11-15/h5-6,9,11,16,23H,1-4,7-8,10,12-14H2,(H,21,25)/t16-/m0/s1. The van der Waals surface area contributed by atoms with Gasteiger partial charge in [0.1, 0.15) is 0 Å². The maximum absolute atomic E-state index is 12.7. The first kappa shape index (κ1) is 17.9. The van der Waals surface area contributed by atoms with Crippen LogP contribution in [0.15, 0.2) is 24.5 Å². The minimum atomic E-state index is -0.507. The summed E-state index contributed by atoms with van der Waals surface area (Å²) in [7, 11) is 0. The molecule has 1 saturated heterocycles. The van der Waals surface area contributed by atoms with Gasteiger partial charge in [0.05, 0.1) is 18.1 Å². The van der Waals surface area contributed by atoms with E-state index in [0.717, 1.165) is 44.1 Å². The monoisotopic (exact) mass is 345 g/mol. The fourth-order valence-corrected chi connectivity index (χ4v) is 3.90. The van der Waals surface area contributed by atoms with Crippen LogP contribution in [-0.4, -0.2) is 45.5 Å². The first-order valence-corrected chi connectivity index (χ1v) is 9.21. The zero-order valence-corrected chi connectivity index (χ0v) is 14.6. The number of aliphatic hydroxyl groups excluding tert-OH is 1. The summed E-state index contributed by atoms with van der Waals surface area (Å²) in [4.78, 5) is 30.8. The minimum Gasteiger partial charge on any atom is -0.394 e. The smallest absolute Gasteiger partial charge is 0.225 e. The second-order valence-electron chi connectivity index (χ2n) is 7.38. The van der Waals surface area contributed by atoms with Gasteiger partial charge in [-0.15, -0.1) is 0 Å². The van der Waals surface area contributed by atoms with Gasteiger partial charge in [0.2, 0.25) is 11.8 Å². The lowest BCUT2D eigenvalue weighted by Crippen LogP contribution is -2.53. The molecule has 2 N–H and O–H groups in total. The van der Waals surface area contributed by atoms with Gasteiger partial charge in [-0.05, 0) is 24.5 Å². The molecule has 2 amide bonds. The lowest BCUT2D eigenvalue weighted by Gasteiger charge is -2.33. The first-order chi connectivity index (χ1) is 12.1. The minimum absolute atomic E-state index is 0.00270. The molecule has 1 saturated carbocycles. The van der Waals surface area contributed by atoms with E-state index in [1.54, 1.807) is 17.3 Å². The Morgan fingerprint density at radius 2 is 2.08 bits per heavy atom. The maximum atomic E-state index is 12.7. The number of nitrogens with one attached hydrogen (secondary N) is 1. The number of aromatic nitrogens is 1. The average molecular weight is 345 g/mol. The van der Waals surface area contributed by atoms with Crippen LogP contribution in [0.5, 0.6) is 0 Å². The number of aliphatic hydroxyl groups is 1. The third kappa shape index (κ3) is 4.37. The number of carbonyl (C=O) groups excluding carboxylic acids is 2. The van der Waals surface area contributed by atoms with Crippen LogP contribution in [0.2, 0.25) is 0 Å². The highest BCUT2D eigenvalue weighted by atomic mass is 16.3. The Balaban J connectivity index is 1.60. The molecule has 136 valence electrons. The third-order valence-corrected chi connectivity index (χ3v) is 5.43. The lowest BCUT2D eigenvalue weighted by molar-refractivity contribution is -0.130. The van der Waals surface area contributed by atoms with Crippen molar-refractivity contribution in [2.45, 2.75) is 57.0 Å². The molecule has 2 heterocycles. The number of likely N-dealkylation sites (tertiary alicyclic amines) is 1. The second-order valence-corrected chi connectivity index (χ2v) is 7.38. The Morgan fingerprint density at radius 3 is 2.72 bits per heavy atom. The summed E-state index contributed by atoms with van der Waals surface area (Å²) < 4.78 is 0. The Bertz CT molecular complexity index is 597. The molecular weight excluding hydrogens is 318 g/mol. The van der Waals surface area contributed by atoms with E-state index in [2.05, 4.69) is 10.3 Å². The van der Waals surface area contributed by atoms with Crippen molar-refractivity contribution in [2.75, 3.05) is 13.2 Å². The van der Waals surface area contributed by atoms with E-state index in [1.807, 2.05) is 12.1 Å². The Kier molecular flexibility index (Phi) is 5.68. The highest BCUT2D eigenvalue weighted by molar-refractivity contribution is 5.89. The molecule has 1 atom stereocenters. The van der Waals surface area contributed by atoms with Crippen molar-refractivity contribution in [1.82, 2.24) is 15.2 Å². The molecule has 0 unspecified atom stereocenters. The largest absolute Gasteiger partial charge is 0.394 e. The number of amides is 2. The van der Waals surface area contributed by atoms with Gasteiger partial charge >= 0.3 is 0 Å². The Morgan fingerprint density at radius 1 is 1.32 bits per heavy atom. The van der Waals surface area contributed by atoms with Crippen LogP contribution in [0.4, 0.5) is 0 Å². The van der Waals surface area contributed by atoms with Crippen LogP contribution in [0.1, 0.15) is 50.5 Å². The summed E-state index contributed by atoms with van der Waals surface area (Å²) in [5, 5.41) is 12.9.